The van der Waals surface area contributed by atoms with Gasteiger partial charge in [0.05, 0.1) is 35.3 Å². The summed E-state index contributed by atoms with van der Waals surface area (Å²) >= 11 is 7.17. The first-order chi connectivity index (χ1) is 23.5. The molecule has 0 aromatic heterocycles. The number of carboxylic acids is 1. The second kappa shape index (κ2) is 12.5. The van der Waals surface area contributed by atoms with Gasteiger partial charge in [-0.3, -0.25) is 28.9 Å². The van der Waals surface area contributed by atoms with Gasteiger partial charge in [0, 0.05) is 28.4 Å². The number of phenols is 1. The van der Waals surface area contributed by atoms with Gasteiger partial charge in [-0.05, 0) is 79.5 Å². The Labute approximate surface area is 298 Å². The third-order valence-electron chi connectivity index (χ3n) is 10.7. The van der Waals surface area contributed by atoms with E-state index < -0.39 is 52.8 Å². The molecule has 0 bridgehead atoms. The summed E-state index contributed by atoms with van der Waals surface area (Å²) in [6, 6.07) is 19.8. The van der Waals surface area contributed by atoms with Gasteiger partial charge < -0.3 is 14.9 Å². The van der Waals surface area contributed by atoms with Crippen LogP contribution in [0, 0.1) is 23.7 Å². The summed E-state index contributed by atoms with van der Waals surface area (Å²) in [6.07, 6.45) is 3.32. The standard InChI is InChI=1S/C38H31Br2NO8/c1-49-27-17-25(32(39)33(40)35(27)46)31-21-12-13-22-30(37(48)41(36(22)47)15-14-29(43)44)24(21)16-26-34(45)23(19-8-4-2-5-9-19)18-28(42)38(26,31)20-10-6-3-7-11-20/h2-12,17-18,22,24,26,30-31,46H,13-16H2,1H3,(H,43,44). The normalized spacial score (nSPS) is 27.6. The third-order valence-corrected chi connectivity index (χ3v) is 12.9. The molecule has 3 aromatic rings. The quantitative estimate of drug-likeness (QED) is 0.213. The number of hydrogen-bond donors (Lipinski definition) is 2. The highest BCUT2D eigenvalue weighted by atomic mass is 79.9. The zero-order valence-electron chi connectivity index (χ0n) is 26.3. The largest absolute Gasteiger partial charge is 0.503 e. The number of carbonyl (C=O) groups excluding carboxylic acids is 4. The van der Waals surface area contributed by atoms with Crippen LogP contribution in [0.5, 0.6) is 11.5 Å². The molecule has 1 saturated carbocycles. The van der Waals surface area contributed by atoms with E-state index in [1.54, 1.807) is 30.3 Å². The number of nitrogens with zero attached hydrogens (tertiary/aromatic N) is 1. The number of aliphatic carboxylic acids is 1. The number of benzene rings is 3. The van der Waals surface area contributed by atoms with Crippen molar-refractivity contribution < 1.29 is 38.9 Å². The van der Waals surface area contributed by atoms with Gasteiger partial charge in [-0.25, -0.2) is 0 Å². The maximum absolute atomic E-state index is 15.2. The van der Waals surface area contributed by atoms with Crippen molar-refractivity contribution >= 4 is 66.8 Å². The van der Waals surface area contributed by atoms with E-state index in [-0.39, 0.29) is 54.4 Å². The van der Waals surface area contributed by atoms with Crippen LogP contribution in [-0.2, 0) is 29.4 Å². The van der Waals surface area contributed by atoms with Crippen molar-refractivity contribution in [2.24, 2.45) is 23.7 Å². The van der Waals surface area contributed by atoms with Crippen LogP contribution in [0.4, 0.5) is 0 Å². The maximum Gasteiger partial charge on any atom is 0.305 e. The van der Waals surface area contributed by atoms with Gasteiger partial charge >= 0.3 is 5.97 Å². The molecule has 1 saturated heterocycles. The summed E-state index contributed by atoms with van der Waals surface area (Å²) in [5, 5.41) is 20.3. The Morgan fingerprint density at radius 3 is 2.29 bits per heavy atom. The lowest BCUT2D eigenvalue weighted by molar-refractivity contribution is -0.142. The van der Waals surface area contributed by atoms with Crippen LogP contribution in [0.15, 0.2) is 93.4 Å². The Balaban J connectivity index is 1.51. The second-order valence-electron chi connectivity index (χ2n) is 12.9. The van der Waals surface area contributed by atoms with Crippen LogP contribution in [-0.4, -0.2) is 58.1 Å². The summed E-state index contributed by atoms with van der Waals surface area (Å²) in [5.41, 5.74) is 1.33. The molecule has 6 atom stereocenters. The smallest absolute Gasteiger partial charge is 0.305 e. The number of amides is 2. The van der Waals surface area contributed by atoms with Crippen LogP contribution < -0.4 is 4.74 Å². The maximum atomic E-state index is 15.2. The number of ketones is 2. The number of imide groups is 1. The molecule has 3 aromatic carbocycles. The molecule has 2 amide bonds. The van der Waals surface area contributed by atoms with E-state index in [1.165, 1.54) is 13.2 Å². The van der Waals surface area contributed by atoms with E-state index >= 15 is 4.79 Å². The Morgan fingerprint density at radius 2 is 1.63 bits per heavy atom. The van der Waals surface area contributed by atoms with Crippen molar-refractivity contribution in [1.29, 1.82) is 0 Å². The summed E-state index contributed by atoms with van der Waals surface area (Å²) in [7, 11) is 1.42. The van der Waals surface area contributed by atoms with Gasteiger partial charge in [0.25, 0.3) is 0 Å². The molecule has 1 aliphatic heterocycles. The Morgan fingerprint density at radius 1 is 0.959 bits per heavy atom. The van der Waals surface area contributed by atoms with E-state index in [1.807, 2.05) is 42.5 Å². The van der Waals surface area contributed by atoms with Crippen molar-refractivity contribution in [3.05, 3.63) is 110 Å². The molecule has 4 aliphatic rings. The number of rotatable bonds is 7. The summed E-state index contributed by atoms with van der Waals surface area (Å²) < 4.78 is 6.31. The van der Waals surface area contributed by atoms with Gasteiger partial charge in [-0.15, -0.1) is 0 Å². The zero-order chi connectivity index (χ0) is 34.8. The highest BCUT2D eigenvalue weighted by Gasteiger charge is 2.66. The van der Waals surface area contributed by atoms with Crippen LogP contribution in [0.2, 0.25) is 0 Å². The molecular weight excluding hydrogens is 758 g/mol. The number of allylic oxidation sites excluding steroid dienone is 4. The number of phenolic OH excluding ortho intramolecular Hbond substituents is 1. The molecule has 49 heavy (non-hydrogen) atoms. The molecule has 9 nitrogen and oxygen atoms in total. The number of hydrogen-bond acceptors (Lipinski definition) is 7. The van der Waals surface area contributed by atoms with Gasteiger partial charge in [0.15, 0.2) is 23.1 Å². The monoisotopic (exact) mass is 787 g/mol. The van der Waals surface area contributed by atoms with Crippen molar-refractivity contribution in [3.63, 3.8) is 0 Å². The predicted molar refractivity (Wildman–Crippen MR) is 186 cm³/mol. The molecule has 250 valence electrons. The average Bonchev–Trinajstić information content (AvgIpc) is 3.36. The fraction of sp³-hybridized carbons (Fsp3) is 0.289. The fourth-order valence-electron chi connectivity index (χ4n) is 8.69. The Bertz CT molecular complexity index is 1990. The molecule has 3 aliphatic carbocycles. The molecule has 0 radical (unpaired) electrons. The van der Waals surface area contributed by atoms with Gasteiger partial charge in [-0.1, -0.05) is 72.3 Å². The summed E-state index contributed by atoms with van der Waals surface area (Å²) in [5.74, 6) is -6.51. The fourth-order valence-corrected chi connectivity index (χ4v) is 9.64. The van der Waals surface area contributed by atoms with Crippen molar-refractivity contribution in [2.75, 3.05) is 13.7 Å². The van der Waals surface area contributed by atoms with E-state index in [9.17, 15) is 29.4 Å². The number of fused-ring (bicyclic) bond motifs is 4. The van der Waals surface area contributed by atoms with E-state index in [0.717, 1.165) is 10.5 Å². The molecule has 6 unspecified atom stereocenters. The van der Waals surface area contributed by atoms with Crippen LogP contribution >= 0.6 is 31.9 Å². The van der Waals surface area contributed by atoms with Crippen LogP contribution in [0.1, 0.15) is 41.9 Å². The first kappa shape index (κ1) is 33.2. The van der Waals surface area contributed by atoms with Gasteiger partial charge in [0.1, 0.15) is 0 Å². The Kier molecular flexibility index (Phi) is 8.47. The first-order valence-corrected chi connectivity index (χ1v) is 17.5. The number of ether oxygens (including phenoxy) is 1. The number of Topliss-reactive ketones (excluding diaryl/α,β-unsaturated/α-hetero) is 1. The van der Waals surface area contributed by atoms with Gasteiger partial charge in [0.2, 0.25) is 11.8 Å². The topological polar surface area (TPSA) is 138 Å². The lowest BCUT2D eigenvalue weighted by atomic mass is 9.44. The van der Waals surface area contributed by atoms with Crippen LogP contribution in [0.3, 0.4) is 0 Å². The Hall–Kier alpha value is -4.35. The first-order valence-electron chi connectivity index (χ1n) is 15.9. The molecule has 0 spiro atoms. The van der Waals surface area contributed by atoms with E-state index in [0.29, 0.717) is 25.6 Å². The minimum Gasteiger partial charge on any atom is -0.503 e. The van der Waals surface area contributed by atoms with Crippen molar-refractivity contribution in [2.45, 2.75) is 30.6 Å². The highest BCUT2D eigenvalue weighted by Crippen LogP contribution is 2.65. The number of carbonyl (C=O) groups is 5. The summed E-state index contributed by atoms with van der Waals surface area (Å²) in [4.78, 5) is 70.4. The van der Waals surface area contributed by atoms with Crippen molar-refractivity contribution in [1.82, 2.24) is 4.90 Å². The minimum atomic E-state index is -1.47. The molecule has 1 heterocycles. The molecule has 7 rings (SSSR count). The lowest BCUT2D eigenvalue weighted by Crippen LogP contribution is -2.59. The second-order valence-corrected chi connectivity index (χ2v) is 14.5. The zero-order valence-corrected chi connectivity index (χ0v) is 29.4. The predicted octanol–water partition coefficient (Wildman–Crippen LogP) is 6.22. The van der Waals surface area contributed by atoms with E-state index in [2.05, 4.69) is 31.9 Å². The average molecular weight is 789 g/mol. The van der Waals surface area contributed by atoms with E-state index in [4.69, 9.17) is 4.74 Å². The number of halogens is 2. The minimum absolute atomic E-state index is 0.118. The number of methoxy groups -OCH3 is 1. The SMILES string of the molecule is COc1cc(C2C3=CCC4C(=O)N(CCC(=O)O)C(=O)C4C3CC3C(=O)C(c4ccccc4)=CC(=O)C32c2ccccc2)c(Br)c(Br)c1O. The number of likely N-dealkylation sites (tertiary alicyclic amines) is 1. The van der Waals surface area contributed by atoms with Crippen LogP contribution in [0.25, 0.3) is 5.57 Å². The number of aromatic hydroxyl groups is 1. The number of carboxylic acid groups (broad SMARTS) is 1. The lowest BCUT2D eigenvalue weighted by Gasteiger charge is -2.55. The molecule has 2 fully saturated rings. The molecular formula is C38H31Br2NO8. The molecule has 2 N–H and O–H groups in total. The van der Waals surface area contributed by atoms with Crippen molar-refractivity contribution in [3.8, 4) is 11.5 Å². The third kappa shape index (κ3) is 4.95. The highest BCUT2D eigenvalue weighted by molar-refractivity contribution is 9.13. The summed E-state index contributed by atoms with van der Waals surface area (Å²) in [6.45, 7) is -0.241. The molecule has 11 heteroatoms. The van der Waals surface area contributed by atoms with Gasteiger partial charge in [-0.2, -0.15) is 0 Å².